The van der Waals surface area contributed by atoms with Crippen LogP contribution in [-0.4, -0.2) is 27.9 Å². The minimum absolute atomic E-state index is 0.733. The molecule has 1 N–H and O–H groups in total. The Morgan fingerprint density at radius 3 is 2.83 bits per heavy atom. The van der Waals surface area contributed by atoms with Crippen LogP contribution < -0.4 is 4.90 Å². The number of hydrogen-bond donors (Lipinski definition) is 1. The SMILES string of the molecule is CCn1c(N2CCCC(C(C)C)CC2)n[nH]c1=S. The van der Waals surface area contributed by atoms with E-state index in [1.54, 1.807) is 0 Å². The molecule has 0 aliphatic carbocycles. The molecule has 1 aliphatic heterocycles. The van der Waals surface area contributed by atoms with Crippen molar-refractivity contribution in [2.24, 2.45) is 11.8 Å². The van der Waals surface area contributed by atoms with E-state index in [-0.39, 0.29) is 0 Å². The first kappa shape index (κ1) is 13.6. The lowest BCUT2D eigenvalue weighted by molar-refractivity contribution is 0.351. The molecule has 1 saturated heterocycles. The van der Waals surface area contributed by atoms with E-state index in [9.17, 15) is 0 Å². The maximum Gasteiger partial charge on any atom is 0.225 e. The monoisotopic (exact) mass is 268 g/mol. The lowest BCUT2D eigenvalue weighted by atomic mass is 9.89. The van der Waals surface area contributed by atoms with E-state index >= 15 is 0 Å². The van der Waals surface area contributed by atoms with Crippen molar-refractivity contribution < 1.29 is 0 Å². The largest absolute Gasteiger partial charge is 0.341 e. The van der Waals surface area contributed by atoms with Crippen LogP contribution in [0.2, 0.25) is 0 Å². The molecule has 1 aromatic heterocycles. The van der Waals surface area contributed by atoms with Gasteiger partial charge in [0.05, 0.1) is 0 Å². The van der Waals surface area contributed by atoms with E-state index in [0.29, 0.717) is 0 Å². The molecule has 1 fully saturated rings. The summed E-state index contributed by atoms with van der Waals surface area (Å²) in [6.07, 6.45) is 3.86. The summed E-state index contributed by atoms with van der Waals surface area (Å²) in [5, 5.41) is 7.31. The maximum atomic E-state index is 5.26. The highest BCUT2D eigenvalue weighted by Gasteiger charge is 2.22. The maximum absolute atomic E-state index is 5.26. The lowest BCUT2D eigenvalue weighted by Gasteiger charge is -2.22. The summed E-state index contributed by atoms with van der Waals surface area (Å²) in [5.74, 6) is 2.66. The molecule has 1 aliphatic rings. The first-order valence-electron chi connectivity index (χ1n) is 7.03. The Morgan fingerprint density at radius 2 is 2.17 bits per heavy atom. The fourth-order valence-electron chi connectivity index (χ4n) is 2.82. The lowest BCUT2D eigenvalue weighted by Crippen LogP contribution is -2.27. The summed E-state index contributed by atoms with van der Waals surface area (Å²) in [6, 6.07) is 0. The molecule has 1 aromatic rings. The van der Waals surface area contributed by atoms with Crippen LogP contribution in [0.25, 0.3) is 0 Å². The van der Waals surface area contributed by atoms with Crippen molar-refractivity contribution in [1.29, 1.82) is 0 Å². The van der Waals surface area contributed by atoms with Crippen LogP contribution in [0.15, 0.2) is 0 Å². The Balaban J connectivity index is 2.12. The zero-order valence-corrected chi connectivity index (χ0v) is 12.5. The number of aromatic amines is 1. The molecule has 1 unspecified atom stereocenters. The molecule has 0 aromatic carbocycles. The van der Waals surface area contributed by atoms with Crippen molar-refractivity contribution >= 4 is 18.2 Å². The summed E-state index contributed by atoms with van der Waals surface area (Å²) in [4.78, 5) is 2.39. The van der Waals surface area contributed by atoms with Gasteiger partial charge in [0.2, 0.25) is 5.95 Å². The van der Waals surface area contributed by atoms with Gasteiger partial charge in [-0.3, -0.25) is 4.57 Å². The molecule has 0 bridgehead atoms. The van der Waals surface area contributed by atoms with Crippen LogP contribution in [0.4, 0.5) is 5.95 Å². The first-order chi connectivity index (χ1) is 8.63. The highest BCUT2D eigenvalue weighted by molar-refractivity contribution is 7.71. The van der Waals surface area contributed by atoms with Crippen molar-refractivity contribution in [3.8, 4) is 0 Å². The molecule has 1 atom stereocenters. The predicted octanol–water partition coefficient (Wildman–Crippen LogP) is 3.22. The van der Waals surface area contributed by atoms with Crippen LogP contribution in [-0.2, 0) is 6.54 Å². The summed E-state index contributed by atoms with van der Waals surface area (Å²) in [5.41, 5.74) is 0. The van der Waals surface area contributed by atoms with Gasteiger partial charge < -0.3 is 4.90 Å². The van der Waals surface area contributed by atoms with E-state index in [0.717, 1.165) is 42.2 Å². The number of rotatable bonds is 3. The Morgan fingerprint density at radius 1 is 1.39 bits per heavy atom. The molecular weight excluding hydrogens is 244 g/mol. The summed E-state index contributed by atoms with van der Waals surface area (Å²) >= 11 is 5.26. The van der Waals surface area contributed by atoms with Crippen molar-refractivity contribution in [1.82, 2.24) is 14.8 Å². The quantitative estimate of drug-likeness (QED) is 0.855. The number of H-pyrrole nitrogens is 1. The van der Waals surface area contributed by atoms with Crippen molar-refractivity contribution in [2.45, 2.75) is 46.6 Å². The smallest absolute Gasteiger partial charge is 0.225 e. The van der Waals surface area contributed by atoms with Crippen molar-refractivity contribution in [3.63, 3.8) is 0 Å². The highest BCUT2D eigenvalue weighted by atomic mass is 32.1. The van der Waals surface area contributed by atoms with Crippen molar-refractivity contribution in [2.75, 3.05) is 18.0 Å². The normalized spacial score (nSPS) is 21.3. The third-order valence-corrected chi connectivity index (χ3v) is 4.36. The van der Waals surface area contributed by atoms with Gasteiger partial charge in [-0.1, -0.05) is 13.8 Å². The standard InChI is InChI=1S/C13H24N4S/c1-4-17-12(14-15-13(17)18)16-8-5-6-11(7-9-16)10(2)3/h10-11H,4-9H2,1-3H3,(H,15,18). The fraction of sp³-hybridized carbons (Fsp3) is 0.846. The number of anilines is 1. The van der Waals surface area contributed by atoms with Crippen LogP contribution >= 0.6 is 12.2 Å². The Bertz CT molecular complexity index is 434. The molecule has 5 heteroatoms. The second-order valence-electron chi connectivity index (χ2n) is 5.50. The van der Waals surface area contributed by atoms with Crippen molar-refractivity contribution in [3.05, 3.63) is 4.77 Å². The predicted molar refractivity (Wildman–Crippen MR) is 77.5 cm³/mol. The van der Waals surface area contributed by atoms with Gasteiger partial charge in [-0.25, -0.2) is 5.10 Å². The van der Waals surface area contributed by atoms with Gasteiger partial charge in [-0.2, -0.15) is 0 Å². The Kier molecular flexibility index (Phi) is 4.43. The third kappa shape index (κ3) is 2.76. The molecule has 0 saturated carbocycles. The van der Waals surface area contributed by atoms with Crippen LogP contribution in [0, 0.1) is 16.6 Å². The van der Waals surface area contributed by atoms with Gasteiger partial charge >= 0.3 is 0 Å². The van der Waals surface area contributed by atoms with Gasteiger partial charge in [-0.05, 0) is 50.2 Å². The second kappa shape index (κ2) is 5.87. The van der Waals surface area contributed by atoms with E-state index in [2.05, 4.69) is 40.4 Å². The average molecular weight is 268 g/mol. The molecule has 0 amide bonds. The molecule has 102 valence electrons. The van der Waals surface area contributed by atoms with Gasteiger partial charge in [0.15, 0.2) is 4.77 Å². The van der Waals surface area contributed by atoms with Crippen LogP contribution in [0.5, 0.6) is 0 Å². The molecule has 18 heavy (non-hydrogen) atoms. The highest BCUT2D eigenvalue weighted by Crippen LogP contribution is 2.26. The molecular formula is C13H24N4S. The molecule has 4 nitrogen and oxygen atoms in total. The molecule has 2 rings (SSSR count). The van der Waals surface area contributed by atoms with Gasteiger partial charge in [0, 0.05) is 19.6 Å². The van der Waals surface area contributed by atoms with Gasteiger partial charge in [0.1, 0.15) is 0 Å². The van der Waals surface area contributed by atoms with Gasteiger partial charge in [-0.15, -0.1) is 5.10 Å². The first-order valence-corrected chi connectivity index (χ1v) is 7.44. The van der Waals surface area contributed by atoms with E-state index in [1.807, 2.05) is 0 Å². The number of hydrogen-bond acceptors (Lipinski definition) is 3. The number of nitrogens with one attached hydrogen (secondary N) is 1. The number of nitrogens with zero attached hydrogens (tertiary/aromatic N) is 3. The topological polar surface area (TPSA) is 36.9 Å². The summed E-state index contributed by atoms with van der Waals surface area (Å²) in [6.45, 7) is 9.87. The Hall–Kier alpha value is -0.840. The second-order valence-corrected chi connectivity index (χ2v) is 5.88. The number of aromatic nitrogens is 3. The minimum Gasteiger partial charge on any atom is -0.341 e. The van der Waals surface area contributed by atoms with E-state index in [4.69, 9.17) is 12.2 Å². The van der Waals surface area contributed by atoms with E-state index < -0.39 is 0 Å². The van der Waals surface area contributed by atoms with Gasteiger partial charge in [0.25, 0.3) is 0 Å². The molecule has 0 spiro atoms. The average Bonchev–Trinajstić information content (AvgIpc) is 2.58. The fourth-order valence-corrected chi connectivity index (χ4v) is 3.08. The minimum atomic E-state index is 0.733. The molecule has 0 radical (unpaired) electrons. The summed E-state index contributed by atoms with van der Waals surface area (Å²) in [7, 11) is 0. The zero-order valence-electron chi connectivity index (χ0n) is 11.6. The zero-order chi connectivity index (χ0) is 13.1. The van der Waals surface area contributed by atoms with Crippen LogP contribution in [0.1, 0.15) is 40.0 Å². The van der Waals surface area contributed by atoms with Crippen LogP contribution in [0.3, 0.4) is 0 Å². The molecule has 2 heterocycles. The summed E-state index contributed by atoms with van der Waals surface area (Å²) < 4.78 is 2.82. The Labute approximate surface area is 114 Å². The third-order valence-electron chi connectivity index (χ3n) is 4.05. The van der Waals surface area contributed by atoms with E-state index in [1.165, 1.54) is 19.3 Å².